The summed E-state index contributed by atoms with van der Waals surface area (Å²) < 4.78 is 0. The van der Waals surface area contributed by atoms with E-state index >= 15 is 0 Å². The molecule has 0 unspecified atom stereocenters. The fourth-order valence-electron chi connectivity index (χ4n) is 1.03. The maximum Gasteiger partial charge on any atom is 0.378 e. The Balaban J connectivity index is 3.18. The number of carboxylic acid groups (broad SMARTS) is 1. The summed E-state index contributed by atoms with van der Waals surface area (Å²) in [7, 11) is 0. The van der Waals surface area contributed by atoms with Gasteiger partial charge in [0.25, 0.3) is 5.78 Å². The third-order valence-corrected chi connectivity index (χ3v) is 1.72. The van der Waals surface area contributed by atoms with E-state index < -0.39 is 17.4 Å². The molecule has 0 aliphatic rings. The van der Waals surface area contributed by atoms with E-state index in [0.29, 0.717) is 0 Å². The molecule has 0 spiro atoms. The van der Waals surface area contributed by atoms with Crippen molar-refractivity contribution >= 4 is 11.8 Å². The van der Waals surface area contributed by atoms with Crippen LogP contribution in [0, 0.1) is 0 Å². The zero-order valence-electron chi connectivity index (χ0n) is 7.74. The van der Waals surface area contributed by atoms with E-state index in [0.717, 1.165) is 0 Å². The van der Waals surface area contributed by atoms with Crippen molar-refractivity contribution in [3.05, 3.63) is 17.5 Å². The van der Waals surface area contributed by atoms with E-state index in [2.05, 4.69) is 10.2 Å². The largest absolute Gasteiger partial charge is 0.475 e. The minimum absolute atomic E-state index is 0.171. The topological polar surface area (TPSA) is 103 Å². The van der Waals surface area contributed by atoms with E-state index in [1.807, 2.05) is 0 Å². The number of ketones is 1. The lowest BCUT2D eigenvalue weighted by molar-refractivity contribution is -0.131. The Morgan fingerprint density at radius 2 is 2.07 bits per heavy atom. The Bertz CT molecular complexity index is 375. The smallest absolute Gasteiger partial charge is 0.378 e. The Hall–Kier alpha value is -1.69. The summed E-state index contributed by atoms with van der Waals surface area (Å²) in [6.07, 6.45) is 1.23. The fraction of sp³-hybridized carbons (Fsp3) is 0.375. The second-order valence-electron chi connectivity index (χ2n) is 3.35. The highest BCUT2D eigenvalue weighted by Gasteiger charge is 2.28. The van der Waals surface area contributed by atoms with Gasteiger partial charge in [0, 0.05) is 5.56 Å². The number of aliphatic carboxylic acids is 1. The number of aromatic amines is 1. The van der Waals surface area contributed by atoms with Crippen molar-refractivity contribution in [1.82, 2.24) is 10.2 Å². The minimum Gasteiger partial charge on any atom is -0.475 e. The van der Waals surface area contributed by atoms with E-state index in [9.17, 15) is 14.7 Å². The molecule has 1 aromatic rings. The first-order chi connectivity index (χ1) is 6.34. The lowest BCUT2D eigenvalue weighted by Crippen LogP contribution is -2.22. The number of carboxylic acids is 1. The maximum absolute atomic E-state index is 11.1. The first-order valence-corrected chi connectivity index (χ1v) is 3.88. The Kier molecular flexibility index (Phi) is 2.39. The van der Waals surface area contributed by atoms with Crippen LogP contribution in [-0.4, -0.2) is 32.2 Å². The van der Waals surface area contributed by atoms with Gasteiger partial charge in [-0.1, -0.05) is 0 Å². The molecule has 0 fully saturated rings. The molecule has 0 saturated heterocycles. The molecule has 0 bridgehead atoms. The van der Waals surface area contributed by atoms with Gasteiger partial charge in [0.2, 0.25) is 0 Å². The molecule has 1 rings (SSSR count). The van der Waals surface area contributed by atoms with E-state index in [1.165, 1.54) is 20.0 Å². The normalized spacial score (nSPS) is 11.4. The van der Waals surface area contributed by atoms with Gasteiger partial charge in [-0.3, -0.25) is 9.89 Å². The average molecular weight is 198 g/mol. The minimum atomic E-state index is -1.58. The van der Waals surface area contributed by atoms with Crippen LogP contribution in [0.4, 0.5) is 0 Å². The molecule has 0 aliphatic heterocycles. The zero-order chi connectivity index (χ0) is 10.9. The second kappa shape index (κ2) is 3.22. The number of Topliss-reactive ketones (excluding diaryl/α,β-unsaturated/α-hetero) is 1. The van der Waals surface area contributed by atoms with Crippen molar-refractivity contribution in [3.63, 3.8) is 0 Å². The first-order valence-electron chi connectivity index (χ1n) is 3.88. The van der Waals surface area contributed by atoms with Gasteiger partial charge in [0.1, 0.15) is 5.69 Å². The molecular weight excluding hydrogens is 188 g/mol. The van der Waals surface area contributed by atoms with Crippen molar-refractivity contribution in [2.24, 2.45) is 0 Å². The first kappa shape index (κ1) is 10.4. The number of aliphatic hydroxyl groups is 1. The number of carbonyl (C=O) groups excluding carboxylic acids is 1. The van der Waals surface area contributed by atoms with E-state index in [4.69, 9.17) is 5.11 Å². The summed E-state index contributed by atoms with van der Waals surface area (Å²) in [6.45, 7) is 2.88. The monoisotopic (exact) mass is 198 g/mol. The SMILES string of the molecule is CC(C)(O)c1cn[nH]c1C(=O)C(=O)O. The van der Waals surface area contributed by atoms with Crippen LogP contribution in [0.1, 0.15) is 29.9 Å². The summed E-state index contributed by atoms with van der Waals surface area (Å²) in [4.78, 5) is 21.5. The predicted octanol–water partition coefficient (Wildman–Crippen LogP) is -0.0956. The van der Waals surface area contributed by atoms with Gasteiger partial charge < -0.3 is 10.2 Å². The molecule has 0 aliphatic carbocycles. The molecule has 14 heavy (non-hydrogen) atoms. The van der Waals surface area contributed by atoms with E-state index in [1.54, 1.807) is 0 Å². The van der Waals surface area contributed by atoms with Gasteiger partial charge in [-0.05, 0) is 13.8 Å². The molecule has 0 aromatic carbocycles. The Morgan fingerprint density at radius 1 is 1.50 bits per heavy atom. The van der Waals surface area contributed by atoms with Gasteiger partial charge >= 0.3 is 5.97 Å². The molecule has 6 heteroatoms. The molecule has 0 radical (unpaired) electrons. The molecule has 0 saturated carbocycles. The molecule has 3 N–H and O–H groups in total. The van der Waals surface area contributed by atoms with Crippen molar-refractivity contribution in [2.75, 3.05) is 0 Å². The number of carbonyl (C=O) groups is 2. The molecule has 0 atom stereocenters. The number of nitrogens with one attached hydrogen (secondary N) is 1. The van der Waals surface area contributed by atoms with Crippen molar-refractivity contribution < 1.29 is 19.8 Å². The van der Waals surface area contributed by atoms with Gasteiger partial charge in [-0.25, -0.2) is 4.79 Å². The highest BCUT2D eigenvalue weighted by molar-refractivity contribution is 6.39. The Morgan fingerprint density at radius 3 is 2.50 bits per heavy atom. The average Bonchev–Trinajstić information content (AvgIpc) is 2.48. The van der Waals surface area contributed by atoms with Crippen LogP contribution in [0.3, 0.4) is 0 Å². The van der Waals surface area contributed by atoms with Crippen LogP contribution >= 0.6 is 0 Å². The predicted molar refractivity (Wildman–Crippen MR) is 45.8 cm³/mol. The highest BCUT2D eigenvalue weighted by atomic mass is 16.4. The van der Waals surface area contributed by atoms with Crippen LogP contribution in [0.5, 0.6) is 0 Å². The number of hydrogen-bond acceptors (Lipinski definition) is 4. The summed E-state index contributed by atoms with van der Waals surface area (Å²) in [5, 5.41) is 23.8. The van der Waals surface area contributed by atoms with Crippen LogP contribution in [0.25, 0.3) is 0 Å². The molecule has 0 amide bonds. The number of hydrogen-bond donors (Lipinski definition) is 3. The standard InChI is InChI=1S/C8H10N2O4/c1-8(2,14)4-3-9-10-5(4)6(11)7(12)13/h3,14H,1-2H3,(H,9,10)(H,12,13). The van der Waals surface area contributed by atoms with Crippen molar-refractivity contribution in [2.45, 2.75) is 19.4 Å². The number of rotatable bonds is 3. The van der Waals surface area contributed by atoms with Gasteiger partial charge in [0.05, 0.1) is 11.8 Å². The van der Waals surface area contributed by atoms with Crippen LogP contribution in [-0.2, 0) is 10.4 Å². The van der Waals surface area contributed by atoms with Gasteiger partial charge in [0.15, 0.2) is 0 Å². The number of aromatic nitrogens is 2. The molecule has 1 aromatic heterocycles. The summed E-state index contributed by atoms with van der Waals surface area (Å²) >= 11 is 0. The molecule has 76 valence electrons. The lowest BCUT2D eigenvalue weighted by Gasteiger charge is -2.15. The maximum atomic E-state index is 11.1. The molecular formula is C8H10N2O4. The molecule has 1 heterocycles. The highest BCUT2D eigenvalue weighted by Crippen LogP contribution is 2.21. The third-order valence-electron chi connectivity index (χ3n) is 1.72. The quantitative estimate of drug-likeness (QED) is 0.465. The Labute approximate surface area is 79.6 Å². The van der Waals surface area contributed by atoms with Crippen molar-refractivity contribution in [3.8, 4) is 0 Å². The van der Waals surface area contributed by atoms with Crippen molar-refractivity contribution in [1.29, 1.82) is 0 Å². The van der Waals surface area contributed by atoms with Gasteiger partial charge in [-0.15, -0.1) is 0 Å². The van der Waals surface area contributed by atoms with E-state index in [-0.39, 0.29) is 11.3 Å². The van der Waals surface area contributed by atoms with Crippen LogP contribution in [0.2, 0.25) is 0 Å². The van der Waals surface area contributed by atoms with Gasteiger partial charge in [-0.2, -0.15) is 5.10 Å². The third kappa shape index (κ3) is 1.80. The lowest BCUT2D eigenvalue weighted by atomic mass is 9.97. The summed E-state index contributed by atoms with van der Waals surface area (Å²) in [5.74, 6) is -2.70. The zero-order valence-corrected chi connectivity index (χ0v) is 7.74. The van der Waals surface area contributed by atoms with Crippen LogP contribution in [0.15, 0.2) is 6.20 Å². The summed E-state index contributed by atoms with van der Waals surface area (Å²) in [5.41, 5.74) is -1.32. The molecule has 6 nitrogen and oxygen atoms in total. The second-order valence-corrected chi connectivity index (χ2v) is 3.35. The number of nitrogens with zero attached hydrogens (tertiary/aromatic N) is 1. The van der Waals surface area contributed by atoms with Crippen LogP contribution < -0.4 is 0 Å². The summed E-state index contributed by atoms with van der Waals surface area (Å²) in [6, 6.07) is 0. The fourth-order valence-corrected chi connectivity index (χ4v) is 1.03. The number of H-pyrrole nitrogens is 1.